The molecule has 0 bridgehead atoms. The van der Waals surface area contributed by atoms with Gasteiger partial charge >= 0.3 is 0 Å². The third-order valence-electron chi connectivity index (χ3n) is 2.94. The second-order valence-corrected chi connectivity index (χ2v) is 6.56. The molecule has 0 aliphatic carbocycles. The Kier molecular flexibility index (Phi) is 6.49. The molecule has 3 N–H and O–H groups in total. The second-order valence-electron chi connectivity index (χ2n) is 5.70. The number of anilines is 2. The van der Waals surface area contributed by atoms with E-state index in [0.29, 0.717) is 24.2 Å². The van der Waals surface area contributed by atoms with E-state index in [9.17, 15) is 4.79 Å². The topological polar surface area (TPSA) is 58.4 Å². The molecule has 0 saturated carbocycles. The van der Waals surface area contributed by atoms with E-state index < -0.39 is 0 Å². The highest BCUT2D eigenvalue weighted by molar-refractivity contribution is 9.10. The van der Waals surface area contributed by atoms with Crippen molar-refractivity contribution in [2.75, 3.05) is 24.1 Å². The third-order valence-corrected chi connectivity index (χ3v) is 3.60. The molecule has 0 aliphatic rings. The number of amides is 1. The average molecular weight is 342 g/mol. The summed E-state index contributed by atoms with van der Waals surface area (Å²) in [5.74, 6) is 0.526. The summed E-state index contributed by atoms with van der Waals surface area (Å²) < 4.78 is 0.797. The number of carbonyl (C=O) groups excluding carboxylic acids is 1. The molecule has 0 atom stereocenters. The highest BCUT2D eigenvalue weighted by atomic mass is 79.9. The van der Waals surface area contributed by atoms with Crippen molar-refractivity contribution in [1.29, 1.82) is 0 Å². The van der Waals surface area contributed by atoms with Crippen LogP contribution < -0.4 is 11.1 Å². The molecule has 112 valence electrons. The molecule has 1 aromatic rings. The third kappa shape index (κ3) is 5.51. The number of halogens is 1. The van der Waals surface area contributed by atoms with Crippen LogP contribution in [0.3, 0.4) is 0 Å². The van der Waals surface area contributed by atoms with Crippen molar-refractivity contribution in [3.8, 4) is 0 Å². The van der Waals surface area contributed by atoms with Crippen LogP contribution in [0.1, 0.15) is 27.7 Å². The summed E-state index contributed by atoms with van der Waals surface area (Å²) in [4.78, 5) is 14.3. The van der Waals surface area contributed by atoms with E-state index in [1.54, 1.807) is 18.2 Å². The monoisotopic (exact) mass is 341 g/mol. The molecular formula is C15H24BrN3O. The van der Waals surface area contributed by atoms with Gasteiger partial charge in [-0.1, -0.05) is 13.8 Å². The Labute approximate surface area is 129 Å². The smallest absolute Gasteiger partial charge is 0.238 e. The minimum Gasteiger partial charge on any atom is -0.399 e. The van der Waals surface area contributed by atoms with Gasteiger partial charge in [-0.25, -0.2) is 0 Å². The fraction of sp³-hybridized carbons (Fsp3) is 0.533. The zero-order chi connectivity index (χ0) is 15.3. The van der Waals surface area contributed by atoms with Crippen molar-refractivity contribution in [3.63, 3.8) is 0 Å². The minimum absolute atomic E-state index is 0.00942. The van der Waals surface area contributed by atoms with E-state index in [0.717, 1.165) is 16.7 Å². The van der Waals surface area contributed by atoms with E-state index in [-0.39, 0.29) is 5.91 Å². The Morgan fingerprint density at radius 2 is 2.00 bits per heavy atom. The van der Waals surface area contributed by atoms with Crippen LogP contribution in [0, 0.1) is 5.92 Å². The molecule has 1 aromatic carbocycles. The van der Waals surface area contributed by atoms with Crippen molar-refractivity contribution < 1.29 is 4.79 Å². The van der Waals surface area contributed by atoms with Gasteiger partial charge in [0, 0.05) is 22.7 Å². The Bertz CT molecular complexity index is 460. The first-order chi connectivity index (χ1) is 9.29. The Balaban J connectivity index is 2.65. The number of carbonyl (C=O) groups is 1. The molecule has 0 heterocycles. The average Bonchev–Trinajstić information content (AvgIpc) is 2.31. The van der Waals surface area contributed by atoms with Crippen LogP contribution >= 0.6 is 15.9 Å². The van der Waals surface area contributed by atoms with E-state index in [1.807, 2.05) is 0 Å². The number of nitrogen functional groups attached to an aromatic ring is 1. The van der Waals surface area contributed by atoms with E-state index in [4.69, 9.17) is 5.73 Å². The Morgan fingerprint density at radius 3 is 2.50 bits per heavy atom. The molecule has 0 unspecified atom stereocenters. The van der Waals surface area contributed by atoms with Gasteiger partial charge in [0.25, 0.3) is 0 Å². The SMILES string of the molecule is CC(C)CN(CC(=O)Nc1ccc(N)cc1Br)C(C)C. The predicted molar refractivity (Wildman–Crippen MR) is 88.7 cm³/mol. The lowest BCUT2D eigenvalue weighted by Gasteiger charge is -2.27. The van der Waals surface area contributed by atoms with Gasteiger partial charge in [-0.15, -0.1) is 0 Å². The lowest BCUT2D eigenvalue weighted by Crippen LogP contribution is -2.40. The molecule has 4 nitrogen and oxygen atoms in total. The highest BCUT2D eigenvalue weighted by Crippen LogP contribution is 2.24. The minimum atomic E-state index is -0.00942. The maximum absolute atomic E-state index is 12.1. The summed E-state index contributed by atoms with van der Waals surface area (Å²) in [5.41, 5.74) is 7.10. The largest absolute Gasteiger partial charge is 0.399 e. The summed E-state index contributed by atoms with van der Waals surface area (Å²) in [6, 6.07) is 5.70. The molecule has 0 radical (unpaired) electrons. The maximum atomic E-state index is 12.1. The molecule has 0 spiro atoms. The lowest BCUT2D eigenvalue weighted by atomic mass is 10.2. The first-order valence-electron chi connectivity index (χ1n) is 6.88. The number of benzene rings is 1. The fourth-order valence-corrected chi connectivity index (χ4v) is 2.43. The predicted octanol–water partition coefficient (Wildman–Crippen LogP) is 3.34. The Morgan fingerprint density at radius 1 is 1.35 bits per heavy atom. The summed E-state index contributed by atoms with van der Waals surface area (Å²) in [5, 5.41) is 2.91. The van der Waals surface area contributed by atoms with Crippen molar-refractivity contribution >= 4 is 33.2 Å². The number of hydrogen-bond donors (Lipinski definition) is 2. The van der Waals surface area contributed by atoms with Gasteiger partial charge in [-0.05, 0) is 53.9 Å². The lowest BCUT2D eigenvalue weighted by molar-refractivity contribution is -0.117. The molecule has 20 heavy (non-hydrogen) atoms. The molecule has 5 heteroatoms. The zero-order valence-electron chi connectivity index (χ0n) is 12.6. The molecule has 0 fully saturated rings. The van der Waals surface area contributed by atoms with Crippen molar-refractivity contribution in [3.05, 3.63) is 22.7 Å². The maximum Gasteiger partial charge on any atom is 0.238 e. The van der Waals surface area contributed by atoms with Crippen LogP contribution in [0.15, 0.2) is 22.7 Å². The molecule has 0 aliphatic heterocycles. The van der Waals surface area contributed by atoms with Crippen LogP contribution in [0.5, 0.6) is 0 Å². The van der Waals surface area contributed by atoms with Crippen LogP contribution in [-0.4, -0.2) is 29.9 Å². The number of nitrogens with one attached hydrogen (secondary N) is 1. The van der Waals surface area contributed by atoms with Crippen molar-refractivity contribution in [2.24, 2.45) is 5.92 Å². The summed E-state index contributed by atoms with van der Waals surface area (Å²) >= 11 is 3.40. The van der Waals surface area contributed by atoms with Gasteiger partial charge in [0.15, 0.2) is 0 Å². The highest BCUT2D eigenvalue weighted by Gasteiger charge is 2.16. The molecule has 1 rings (SSSR count). The second kappa shape index (κ2) is 7.64. The number of hydrogen-bond acceptors (Lipinski definition) is 3. The van der Waals surface area contributed by atoms with Crippen LogP contribution in [0.4, 0.5) is 11.4 Å². The van der Waals surface area contributed by atoms with Crippen LogP contribution in [0.25, 0.3) is 0 Å². The van der Waals surface area contributed by atoms with E-state index in [1.165, 1.54) is 0 Å². The summed E-state index contributed by atoms with van der Waals surface area (Å²) in [7, 11) is 0. The zero-order valence-corrected chi connectivity index (χ0v) is 14.2. The summed E-state index contributed by atoms with van der Waals surface area (Å²) in [6.45, 7) is 9.83. The normalized spacial score (nSPS) is 11.4. The van der Waals surface area contributed by atoms with Crippen LogP contribution in [-0.2, 0) is 4.79 Å². The number of nitrogens with two attached hydrogens (primary N) is 1. The number of nitrogens with zero attached hydrogens (tertiary/aromatic N) is 1. The molecule has 0 saturated heterocycles. The van der Waals surface area contributed by atoms with Crippen molar-refractivity contribution in [1.82, 2.24) is 4.90 Å². The van der Waals surface area contributed by atoms with Crippen LogP contribution in [0.2, 0.25) is 0 Å². The first kappa shape index (κ1) is 17.0. The van der Waals surface area contributed by atoms with Gasteiger partial charge < -0.3 is 11.1 Å². The molecular weight excluding hydrogens is 318 g/mol. The Hall–Kier alpha value is -1.07. The van der Waals surface area contributed by atoms with E-state index >= 15 is 0 Å². The first-order valence-corrected chi connectivity index (χ1v) is 7.67. The fourth-order valence-electron chi connectivity index (χ4n) is 1.93. The van der Waals surface area contributed by atoms with Gasteiger partial charge in [-0.3, -0.25) is 9.69 Å². The molecule has 0 aromatic heterocycles. The van der Waals surface area contributed by atoms with Gasteiger partial charge in [0.2, 0.25) is 5.91 Å². The van der Waals surface area contributed by atoms with Gasteiger partial charge in [0.1, 0.15) is 0 Å². The summed E-state index contributed by atoms with van der Waals surface area (Å²) in [6.07, 6.45) is 0. The standard InChI is InChI=1S/C15H24BrN3O/c1-10(2)8-19(11(3)4)9-15(20)18-14-6-5-12(17)7-13(14)16/h5-7,10-11H,8-9,17H2,1-4H3,(H,18,20). The molecule has 1 amide bonds. The quantitative estimate of drug-likeness (QED) is 0.780. The van der Waals surface area contributed by atoms with E-state index in [2.05, 4.69) is 53.8 Å². The van der Waals surface area contributed by atoms with Gasteiger partial charge in [-0.2, -0.15) is 0 Å². The number of rotatable bonds is 6. The van der Waals surface area contributed by atoms with Gasteiger partial charge in [0.05, 0.1) is 12.2 Å². The van der Waals surface area contributed by atoms with Crippen molar-refractivity contribution in [2.45, 2.75) is 33.7 Å².